The first-order valence-corrected chi connectivity index (χ1v) is 8.61. The van der Waals surface area contributed by atoms with Crippen molar-refractivity contribution >= 4 is 10.0 Å². The van der Waals surface area contributed by atoms with E-state index in [9.17, 15) is 8.42 Å². The van der Waals surface area contributed by atoms with Gasteiger partial charge in [0.2, 0.25) is 10.0 Å². The molecular weight excluding hydrogens is 314 g/mol. The second kappa shape index (κ2) is 6.02. The summed E-state index contributed by atoms with van der Waals surface area (Å²) in [4.78, 5) is 0.202. The molecule has 0 amide bonds. The molecule has 3 rings (SSSR count). The average molecular weight is 331 g/mol. The molecule has 1 N–H and O–H groups in total. The summed E-state index contributed by atoms with van der Waals surface area (Å²) in [6.07, 6.45) is 1.51. The topological polar surface area (TPSA) is 77.1 Å². The molecule has 0 atom stereocenters. The third-order valence-electron chi connectivity index (χ3n) is 3.51. The standard InChI is InChI=1S/C16H17N3O3S/c1-12-16(23(20,21)17-11-15-9-6-10-22-15)13(2)19(18-12)14-7-4-3-5-8-14/h3-10,17H,11H2,1-2H3. The van der Waals surface area contributed by atoms with Crippen LogP contribution in [-0.2, 0) is 16.6 Å². The van der Waals surface area contributed by atoms with E-state index in [1.807, 2.05) is 30.3 Å². The molecule has 2 aromatic heterocycles. The molecule has 0 fully saturated rings. The number of nitrogens with zero attached hydrogens (tertiary/aromatic N) is 2. The first-order valence-electron chi connectivity index (χ1n) is 7.13. The number of sulfonamides is 1. The van der Waals surface area contributed by atoms with E-state index in [-0.39, 0.29) is 11.4 Å². The number of para-hydroxylation sites is 1. The zero-order valence-electron chi connectivity index (χ0n) is 12.9. The van der Waals surface area contributed by atoms with Crippen LogP contribution in [0, 0.1) is 13.8 Å². The molecule has 23 heavy (non-hydrogen) atoms. The monoisotopic (exact) mass is 331 g/mol. The Balaban J connectivity index is 1.95. The van der Waals surface area contributed by atoms with E-state index in [1.165, 1.54) is 6.26 Å². The van der Waals surface area contributed by atoms with Gasteiger partial charge in [0, 0.05) is 0 Å². The average Bonchev–Trinajstić information content (AvgIpc) is 3.14. The number of benzene rings is 1. The molecule has 0 aliphatic rings. The van der Waals surface area contributed by atoms with E-state index in [4.69, 9.17) is 4.42 Å². The number of rotatable bonds is 5. The van der Waals surface area contributed by atoms with Crippen LogP contribution in [0.5, 0.6) is 0 Å². The van der Waals surface area contributed by atoms with Gasteiger partial charge in [0.25, 0.3) is 0 Å². The van der Waals surface area contributed by atoms with Crippen molar-refractivity contribution in [1.82, 2.24) is 14.5 Å². The SMILES string of the molecule is Cc1nn(-c2ccccc2)c(C)c1S(=O)(=O)NCc1ccco1. The number of aryl methyl sites for hydroxylation is 1. The normalized spacial score (nSPS) is 11.7. The summed E-state index contributed by atoms with van der Waals surface area (Å²) in [7, 11) is -3.68. The minimum atomic E-state index is -3.68. The van der Waals surface area contributed by atoms with E-state index in [1.54, 1.807) is 30.7 Å². The Morgan fingerprint density at radius 3 is 2.52 bits per heavy atom. The van der Waals surface area contributed by atoms with Crippen LogP contribution in [0.25, 0.3) is 5.69 Å². The van der Waals surface area contributed by atoms with E-state index in [0.29, 0.717) is 17.1 Å². The first-order chi connectivity index (χ1) is 11.0. The fourth-order valence-corrected chi connectivity index (χ4v) is 3.87. The highest BCUT2D eigenvalue weighted by molar-refractivity contribution is 7.89. The van der Waals surface area contributed by atoms with Gasteiger partial charge in [0.15, 0.2) is 0 Å². The highest BCUT2D eigenvalue weighted by atomic mass is 32.2. The van der Waals surface area contributed by atoms with Crippen molar-refractivity contribution < 1.29 is 12.8 Å². The van der Waals surface area contributed by atoms with Gasteiger partial charge in [-0.2, -0.15) is 5.10 Å². The second-order valence-electron chi connectivity index (χ2n) is 5.15. The van der Waals surface area contributed by atoms with Gasteiger partial charge in [-0.25, -0.2) is 17.8 Å². The highest BCUT2D eigenvalue weighted by Crippen LogP contribution is 2.22. The zero-order valence-corrected chi connectivity index (χ0v) is 13.7. The molecule has 0 bridgehead atoms. The van der Waals surface area contributed by atoms with Crippen molar-refractivity contribution in [3.8, 4) is 5.69 Å². The van der Waals surface area contributed by atoms with Gasteiger partial charge in [0.05, 0.1) is 29.9 Å². The molecule has 0 unspecified atom stereocenters. The van der Waals surface area contributed by atoms with E-state index in [0.717, 1.165) is 5.69 Å². The van der Waals surface area contributed by atoms with Crippen LogP contribution in [0.2, 0.25) is 0 Å². The van der Waals surface area contributed by atoms with Crippen LogP contribution < -0.4 is 4.72 Å². The van der Waals surface area contributed by atoms with Gasteiger partial charge in [0.1, 0.15) is 10.7 Å². The van der Waals surface area contributed by atoms with Crippen LogP contribution >= 0.6 is 0 Å². The Morgan fingerprint density at radius 2 is 1.87 bits per heavy atom. The molecule has 0 aliphatic carbocycles. The number of furan rings is 1. The summed E-state index contributed by atoms with van der Waals surface area (Å²) >= 11 is 0. The maximum atomic E-state index is 12.6. The van der Waals surface area contributed by atoms with Crippen LogP contribution in [0.3, 0.4) is 0 Å². The zero-order chi connectivity index (χ0) is 16.4. The summed E-state index contributed by atoms with van der Waals surface area (Å²) < 4.78 is 34.6. The summed E-state index contributed by atoms with van der Waals surface area (Å²) in [5, 5.41) is 4.37. The number of hydrogen-bond acceptors (Lipinski definition) is 4. The Bertz CT molecular complexity index is 898. The highest BCUT2D eigenvalue weighted by Gasteiger charge is 2.25. The lowest BCUT2D eigenvalue weighted by Gasteiger charge is -2.07. The summed E-state index contributed by atoms with van der Waals surface area (Å²) in [5.74, 6) is 0.555. The van der Waals surface area contributed by atoms with E-state index in [2.05, 4.69) is 9.82 Å². The van der Waals surface area contributed by atoms with Crippen molar-refractivity contribution in [3.63, 3.8) is 0 Å². The molecule has 0 saturated heterocycles. The molecule has 120 valence electrons. The lowest BCUT2D eigenvalue weighted by molar-refractivity contribution is 0.498. The van der Waals surface area contributed by atoms with Crippen LogP contribution in [-0.4, -0.2) is 18.2 Å². The summed E-state index contributed by atoms with van der Waals surface area (Å²) in [6, 6.07) is 12.9. The van der Waals surface area contributed by atoms with Gasteiger partial charge >= 0.3 is 0 Å². The van der Waals surface area contributed by atoms with Gasteiger partial charge in [-0.1, -0.05) is 18.2 Å². The third kappa shape index (κ3) is 3.06. The number of hydrogen-bond donors (Lipinski definition) is 1. The third-order valence-corrected chi connectivity index (χ3v) is 5.16. The molecule has 0 saturated carbocycles. The van der Waals surface area contributed by atoms with Gasteiger partial charge in [-0.15, -0.1) is 0 Å². The molecular formula is C16H17N3O3S. The molecule has 2 heterocycles. The molecule has 7 heteroatoms. The van der Waals surface area contributed by atoms with Gasteiger partial charge in [-0.3, -0.25) is 0 Å². The fourth-order valence-electron chi connectivity index (χ4n) is 2.49. The predicted molar refractivity (Wildman–Crippen MR) is 85.8 cm³/mol. The van der Waals surface area contributed by atoms with Crippen molar-refractivity contribution in [2.75, 3.05) is 0 Å². The minimum absolute atomic E-state index is 0.102. The molecule has 1 aromatic carbocycles. The van der Waals surface area contributed by atoms with Crippen LogP contribution in [0.15, 0.2) is 58.0 Å². The Hall–Kier alpha value is -2.38. The Kier molecular flexibility index (Phi) is 4.06. The minimum Gasteiger partial charge on any atom is -0.468 e. The Labute approximate surface area is 134 Å². The lowest BCUT2D eigenvalue weighted by Crippen LogP contribution is -2.24. The quantitative estimate of drug-likeness (QED) is 0.779. The van der Waals surface area contributed by atoms with E-state index >= 15 is 0 Å². The molecule has 0 aliphatic heterocycles. The number of aromatic nitrogens is 2. The second-order valence-corrected chi connectivity index (χ2v) is 6.86. The summed E-state index contributed by atoms with van der Waals surface area (Å²) in [6.45, 7) is 3.53. The smallest absolute Gasteiger partial charge is 0.244 e. The van der Waals surface area contributed by atoms with Crippen LogP contribution in [0.4, 0.5) is 0 Å². The lowest BCUT2D eigenvalue weighted by atomic mass is 10.3. The van der Waals surface area contributed by atoms with E-state index < -0.39 is 10.0 Å². The van der Waals surface area contributed by atoms with Gasteiger partial charge in [-0.05, 0) is 38.1 Å². The van der Waals surface area contributed by atoms with Crippen molar-refractivity contribution in [2.45, 2.75) is 25.3 Å². The van der Waals surface area contributed by atoms with Crippen molar-refractivity contribution in [2.24, 2.45) is 0 Å². The molecule has 0 radical (unpaired) electrons. The maximum absolute atomic E-state index is 12.6. The first kappa shape index (κ1) is 15.5. The summed E-state index contributed by atoms with van der Waals surface area (Å²) in [5.41, 5.74) is 1.85. The molecule has 3 aromatic rings. The largest absolute Gasteiger partial charge is 0.468 e. The predicted octanol–water partition coefficient (Wildman–Crippen LogP) is 2.56. The fraction of sp³-hybridized carbons (Fsp3) is 0.188. The van der Waals surface area contributed by atoms with Crippen molar-refractivity contribution in [1.29, 1.82) is 0 Å². The molecule has 6 nitrogen and oxygen atoms in total. The molecule has 0 spiro atoms. The maximum Gasteiger partial charge on any atom is 0.244 e. The van der Waals surface area contributed by atoms with Gasteiger partial charge < -0.3 is 4.42 Å². The number of nitrogens with one attached hydrogen (secondary N) is 1. The van der Waals surface area contributed by atoms with Crippen LogP contribution in [0.1, 0.15) is 17.1 Å². The van der Waals surface area contributed by atoms with Crippen molar-refractivity contribution in [3.05, 3.63) is 65.9 Å². The Morgan fingerprint density at radius 1 is 1.13 bits per heavy atom.